The van der Waals surface area contributed by atoms with Crippen LogP contribution in [0.5, 0.6) is 0 Å². The molecule has 1 fully saturated rings. The predicted molar refractivity (Wildman–Crippen MR) is 97.9 cm³/mol. The molecule has 3 heteroatoms. The lowest BCUT2D eigenvalue weighted by atomic mass is 9.89. The van der Waals surface area contributed by atoms with Gasteiger partial charge in [-0.25, -0.2) is 5.43 Å². The fourth-order valence-corrected chi connectivity index (χ4v) is 3.35. The van der Waals surface area contributed by atoms with Gasteiger partial charge in [0.25, 0.3) is 5.91 Å². The third-order valence-electron chi connectivity index (χ3n) is 4.60. The highest BCUT2D eigenvalue weighted by molar-refractivity contribution is 5.90. The molecule has 1 saturated carbocycles. The summed E-state index contributed by atoms with van der Waals surface area (Å²) in [7, 11) is 0. The van der Waals surface area contributed by atoms with Gasteiger partial charge in [-0.2, -0.15) is 5.10 Å². The molecule has 1 atom stereocenters. The first-order valence-corrected chi connectivity index (χ1v) is 8.69. The maximum atomic E-state index is 12.9. The van der Waals surface area contributed by atoms with E-state index in [9.17, 15) is 4.79 Å². The van der Waals surface area contributed by atoms with E-state index in [1.165, 1.54) is 6.42 Å². The lowest BCUT2D eigenvalue weighted by molar-refractivity contribution is -0.121. The molecule has 124 valence electrons. The molecular weight excluding hydrogens is 296 g/mol. The summed E-state index contributed by atoms with van der Waals surface area (Å²) < 4.78 is 0. The molecule has 0 spiro atoms. The molecule has 0 aromatic heterocycles. The minimum absolute atomic E-state index is 0.0712. The van der Waals surface area contributed by atoms with Gasteiger partial charge in [-0.1, -0.05) is 67.6 Å². The van der Waals surface area contributed by atoms with Crippen LogP contribution in [0.15, 0.2) is 65.8 Å². The molecule has 3 nitrogen and oxygen atoms in total. The first-order chi connectivity index (χ1) is 11.7. The first kappa shape index (κ1) is 16.4. The van der Waals surface area contributed by atoms with Crippen LogP contribution in [0.25, 0.3) is 0 Å². The Morgan fingerprint density at radius 3 is 2.17 bits per heavy atom. The summed E-state index contributed by atoms with van der Waals surface area (Å²) in [4.78, 5) is 12.9. The number of nitrogens with zero attached hydrogens (tertiary/aromatic N) is 1. The fourth-order valence-electron chi connectivity index (χ4n) is 3.35. The summed E-state index contributed by atoms with van der Waals surface area (Å²) in [6.07, 6.45) is 4.40. The van der Waals surface area contributed by atoms with E-state index >= 15 is 0 Å². The van der Waals surface area contributed by atoms with E-state index < -0.39 is 0 Å². The molecule has 1 aliphatic rings. The van der Waals surface area contributed by atoms with Crippen LogP contribution in [0.1, 0.15) is 49.7 Å². The molecule has 0 aliphatic heterocycles. The minimum atomic E-state index is -0.335. The van der Waals surface area contributed by atoms with Gasteiger partial charge in [0, 0.05) is 5.71 Å². The van der Waals surface area contributed by atoms with E-state index in [1.807, 2.05) is 60.7 Å². The van der Waals surface area contributed by atoms with Crippen molar-refractivity contribution in [3.05, 3.63) is 71.8 Å². The van der Waals surface area contributed by atoms with Crippen LogP contribution < -0.4 is 5.43 Å². The molecule has 0 radical (unpaired) electrons. The lowest BCUT2D eigenvalue weighted by Crippen LogP contribution is -2.28. The average Bonchev–Trinajstić information content (AvgIpc) is 2.62. The van der Waals surface area contributed by atoms with Gasteiger partial charge in [0.1, 0.15) is 0 Å². The number of rotatable bonds is 4. The zero-order chi connectivity index (χ0) is 16.8. The van der Waals surface area contributed by atoms with Crippen molar-refractivity contribution in [2.45, 2.75) is 38.5 Å². The zero-order valence-electron chi connectivity index (χ0n) is 14.1. The maximum absolute atomic E-state index is 12.9. The summed E-state index contributed by atoms with van der Waals surface area (Å²) >= 11 is 0. The average molecular weight is 320 g/mol. The SMILES string of the molecule is C[C@@H]1CCC/C(=N\NC(=O)C(c2ccccc2)c2ccccc2)C1. The molecule has 0 unspecified atom stereocenters. The Labute approximate surface area is 143 Å². The number of amides is 1. The normalized spacial score (nSPS) is 19.4. The highest BCUT2D eigenvalue weighted by Crippen LogP contribution is 2.25. The van der Waals surface area contributed by atoms with Crippen LogP contribution in [0.4, 0.5) is 0 Å². The number of nitrogens with one attached hydrogen (secondary N) is 1. The number of hydrogen-bond donors (Lipinski definition) is 1. The van der Waals surface area contributed by atoms with Crippen molar-refractivity contribution in [1.29, 1.82) is 0 Å². The lowest BCUT2D eigenvalue weighted by Gasteiger charge is -2.20. The van der Waals surface area contributed by atoms with Crippen molar-refractivity contribution in [1.82, 2.24) is 5.43 Å². The molecule has 2 aromatic carbocycles. The van der Waals surface area contributed by atoms with E-state index in [2.05, 4.69) is 17.5 Å². The molecule has 3 rings (SSSR count). The minimum Gasteiger partial charge on any atom is -0.272 e. The summed E-state index contributed by atoms with van der Waals surface area (Å²) in [6, 6.07) is 19.8. The highest BCUT2D eigenvalue weighted by Gasteiger charge is 2.23. The molecular formula is C21H24N2O. The van der Waals surface area contributed by atoms with Gasteiger partial charge in [0.2, 0.25) is 0 Å². The Morgan fingerprint density at radius 1 is 1.04 bits per heavy atom. The standard InChI is InChI=1S/C21H24N2O/c1-16-9-8-14-19(15-16)22-23-21(24)20(17-10-4-2-5-11-17)18-12-6-3-7-13-18/h2-7,10-13,16,20H,8-9,14-15H2,1H3,(H,23,24)/b22-19+/t16-/m1/s1. The van der Waals surface area contributed by atoms with Crippen molar-refractivity contribution >= 4 is 11.6 Å². The summed E-state index contributed by atoms with van der Waals surface area (Å²) in [6.45, 7) is 2.24. The van der Waals surface area contributed by atoms with E-state index in [4.69, 9.17) is 0 Å². The van der Waals surface area contributed by atoms with Crippen LogP contribution in [0.2, 0.25) is 0 Å². The monoisotopic (exact) mass is 320 g/mol. The third kappa shape index (κ3) is 4.10. The maximum Gasteiger partial charge on any atom is 0.252 e. The van der Waals surface area contributed by atoms with Gasteiger partial charge >= 0.3 is 0 Å². The fraction of sp³-hybridized carbons (Fsp3) is 0.333. The highest BCUT2D eigenvalue weighted by atomic mass is 16.2. The second-order valence-corrected chi connectivity index (χ2v) is 6.61. The van der Waals surface area contributed by atoms with Gasteiger partial charge in [0.05, 0.1) is 5.92 Å². The molecule has 2 aromatic rings. The second kappa shape index (κ2) is 7.91. The predicted octanol–water partition coefficient (Wildman–Crippen LogP) is 4.50. The van der Waals surface area contributed by atoms with Crippen molar-refractivity contribution in [3.8, 4) is 0 Å². The van der Waals surface area contributed by atoms with Crippen LogP contribution in [-0.4, -0.2) is 11.6 Å². The Bertz CT molecular complexity index is 655. The van der Waals surface area contributed by atoms with Crippen molar-refractivity contribution in [3.63, 3.8) is 0 Å². The molecule has 1 amide bonds. The van der Waals surface area contributed by atoms with Crippen molar-refractivity contribution in [2.75, 3.05) is 0 Å². The molecule has 24 heavy (non-hydrogen) atoms. The van der Waals surface area contributed by atoms with Crippen molar-refractivity contribution < 1.29 is 4.79 Å². The number of hydrogen-bond acceptors (Lipinski definition) is 2. The number of carbonyl (C=O) groups is 1. The third-order valence-corrected chi connectivity index (χ3v) is 4.60. The van der Waals surface area contributed by atoms with Crippen molar-refractivity contribution in [2.24, 2.45) is 11.0 Å². The summed E-state index contributed by atoms with van der Waals surface area (Å²) in [5.41, 5.74) is 5.90. The second-order valence-electron chi connectivity index (χ2n) is 6.61. The smallest absolute Gasteiger partial charge is 0.252 e. The van der Waals surface area contributed by atoms with Gasteiger partial charge in [-0.05, 0) is 42.7 Å². The molecule has 1 aliphatic carbocycles. The van der Waals surface area contributed by atoms with Crippen LogP contribution in [-0.2, 0) is 4.79 Å². The summed E-state index contributed by atoms with van der Waals surface area (Å²) in [5, 5.41) is 4.42. The van der Waals surface area contributed by atoms with Gasteiger partial charge in [0.15, 0.2) is 0 Å². The van der Waals surface area contributed by atoms with Crippen LogP contribution >= 0.6 is 0 Å². The Kier molecular flexibility index (Phi) is 5.42. The number of hydrazone groups is 1. The molecule has 0 saturated heterocycles. The van der Waals surface area contributed by atoms with E-state index in [1.54, 1.807) is 0 Å². The molecule has 0 bridgehead atoms. The topological polar surface area (TPSA) is 41.5 Å². The van der Waals surface area contributed by atoms with Crippen LogP contribution in [0.3, 0.4) is 0 Å². The van der Waals surface area contributed by atoms with E-state index in [0.29, 0.717) is 5.92 Å². The van der Waals surface area contributed by atoms with E-state index in [0.717, 1.165) is 36.1 Å². The number of carbonyl (C=O) groups excluding carboxylic acids is 1. The van der Waals surface area contributed by atoms with Gasteiger partial charge in [-0.3, -0.25) is 4.79 Å². The Balaban J connectivity index is 1.81. The first-order valence-electron chi connectivity index (χ1n) is 8.69. The zero-order valence-corrected chi connectivity index (χ0v) is 14.1. The molecule has 1 N–H and O–H groups in total. The molecule has 0 heterocycles. The Morgan fingerprint density at radius 2 is 1.62 bits per heavy atom. The van der Waals surface area contributed by atoms with Gasteiger partial charge in [-0.15, -0.1) is 0 Å². The van der Waals surface area contributed by atoms with E-state index in [-0.39, 0.29) is 11.8 Å². The van der Waals surface area contributed by atoms with Gasteiger partial charge < -0.3 is 0 Å². The van der Waals surface area contributed by atoms with Crippen LogP contribution in [0, 0.1) is 5.92 Å². The Hall–Kier alpha value is -2.42. The number of benzene rings is 2. The largest absolute Gasteiger partial charge is 0.272 e. The summed E-state index contributed by atoms with van der Waals surface area (Å²) in [5.74, 6) is 0.254. The quantitative estimate of drug-likeness (QED) is 0.828.